The van der Waals surface area contributed by atoms with Crippen molar-refractivity contribution in [2.24, 2.45) is 0 Å². The third-order valence-electron chi connectivity index (χ3n) is 3.78. The van der Waals surface area contributed by atoms with Gasteiger partial charge >= 0.3 is 6.03 Å². The first kappa shape index (κ1) is 20.7. The Kier molecular flexibility index (Phi) is 6.73. The summed E-state index contributed by atoms with van der Waals surface area (Å²) in [6.45, 7) is 4.03. The third kappa shape index (κ3) is 5.27. The molecule has 0 spiro atoms. The molecule has 0 unspecified atom stereocenters. The molecule has 0 saturated heterocycles. The van der Waals surface area contributed by atoms with Crippen LogP contribution in [0.3, 0.4) is 0 Å². The molecule has 2 heterocycles. The van der Waals surface area contributed by atoms with Gasteiger partial charge < -0.3 is 9.73 Å². The molecular formula is C19H17ClN4O4S. The van der Waals surface area contributed by atoms with Crippen molar-refractivity contribution in [3.05, 3.63) is 70.4 Å². The van der Waals surface area contributed by atoms with E-state index in [1.54, 1.807) is 36.4 Å². The van der Waals surface area contributed by atoms with Crippen LogP contribution in [0.25, 0.3) is 10.9 Å². The molecule has 29 heavy (non-hydrogen) atoms. The Hall–Kier alpha value is -3.04. The highest BCUT2D eigenvalue weighted by Gasteiger charge is 2.14. The number of thioether (sulfide) groups is 1. The van der Waals surface area contributed by atoms with Crippen molar-refractivity contribution < 1.29 is 14.0 Å². The summed E-state index contributed by atoms with van der Waals surface area (Å²) < 4.78 is 6.50. The molecule has 10 heteroatoms. The van der Waals surface area contributed by atoms with Gasteiger partial charge in [0.15, 0.2) is 5.16 Å². The number of amides is 3. The summed E-state index contributed by atoms with van der Waals surface area (Å²) in [6, 6.07) is 7.59. The minimum atomic E-state index is -0.642. The summed E-state index contributed by atoms with van der Waals surface area (Å²) >= 11 is 7.02. The van der Waals surface area contributed by atoms with Gasteiger partial charge in [0.25, 0.3) is 5.56 Å². The zero-order chi connectivity index (χ0) is 20.8. The lowest BCUT2D eigenvalue weighted by molar-refractivity contribution is -0.117. The number of halogens is 1. The van der Waals surface area contributed by atoms with Crippen LogP contribution in [0, 0.1) is 0 Å². The first-order chi connectivity index (χ1) is 14.0. The third-order valence-corrected chi connectivity index (χ3v) is 4.99. The number of allylic oxidation sites excluding steroid dienone is 1. The van der Waals surface area contributed by atoms with E-state index in [0.717, 1.165) is 11.8 Å². The fourth-order valence-corrected chi connectivity index (χ4v) is 3.47. The maximum atomic E-state index is 12.7. The lowest BCUT2D eigenvalue weighted by atomic mass is 10.2. The average molecular weight is 433 g/mol. The monoisotopic (exact) mass is 432 g/mol. The number of nitrogens with zero attached hydrogens (tertiary/aromatic N) is 2. The second-order valence-corrected chi connectivity index (χ2v) is 7.24. The Labute approximate surface area is 174 Å². The molecule has 0 bridgehead atoms. The molecule has 0 saturated carbocycles. The summed E-state index contributed by atoms with van der Waals surface area (Å²) in [4.78, 5) is 41.1. The summed E-state index contributed by atoms with van der Waals surface area (Å²) in [7, 11) is 0. The standard InChI is InChI=1S/C19H17ClN4O4S/c1-2-7-24-17(26)14-9-12(20)5-6-15(14)22-19(24)29-11-16(25)23-18(27)21-10-13-4-3-8-28-13/h2-6,8-9H,1,7,10-11H2,(H2,21,23,25,27). The van der Waals surface area contributed by atoms with Crippen molar-refractivity contribution in [3.63, 3.8) is 0 Å². The number of furan rings is 1. The van der Waals surface area contributed by atoms with Crippen LogP contribution in [0.4, 0.5) is 4.79 Å². The number of fused-ring (bicyclic) bond motifs is 1. The van der Waals surface area contributed by atoms with E-state index < -0.39 is 11.9 Å². The van der Waals surface area contributed by atoms with Gasteiger partial charge in [0.05, 0.1) is 29.5 Å². The highest BCUT2D eigenvalue weighted by atomic mass is 35.5. The van der Waals surface area contributed by atoms with Crippen LogP contribution in [0.1, 0.15) is 5.76 Å². The number of hydrogen-bond acceptors (Lipinski definition) is 6. The number of carbonyl (C=O) groups is 2. The molecule has 2 aromatic heterocycles. The van der Waals surface area contributed by atoms with Crippen molar-refractivity contribution in [3.8, 4) is 0 Å². The lowest BCUT2D eigenvalue weighted by Crippen LogP contribution is -2.40. The van der Waals surface area contributed by atoms with Gasteiger partial charge in [-0.25, -0.2) is 9.78 Å². The molecule has 0 radical (unpaired) electrons. The molecule has 1 aromatic carbocycles. The van der Waals surface area contributed by atoms with Gasteiger partial charge in [-0.1, -0.05) is 29.4 Å². The molecule has 0 fully saturated rings. The molecular weight excluding hydrogens is 416 g/mol. The smallest absolute Gasteiger partial charge is 0.321 e. The normalized spacial score (nSPS) is 10.7. The number of urea groups is 1. The van der Waals surface area contributed by atoms with Crippen molar-refractivity contribution in [1.82, 2.24) is 20.2 Å². The minimum Gasteiger partial charge on any atom is -0.467 e. The minimum absolute atomic E-state index is 0.100. The van der Waals surface area contributed by atoms with Gasteiger partial charge in [0.1, 0.15) is 5.76 Å². The lowest BCUT2D eigenvalue weighted by Gasteiger charge is -2.11. The van der Waals surface area contributed by atoms with Gasteiger partial charge in [-0.15, -0.1) is 6.58 Å². The Morgan fingerprint density at radius 1 is 1.34 bits per heavy atom. The van der Waals surface area contributed by atoms with Gasteiger partial charge in [-0.2, -0.15) is 0 Å². The highest BCUT2D eigenvalue weighted by molar-refractivity contribution is 7.99. The molecule has 150 valence electrons. The first-order valence-corrected chi connectivity index (χ1v) is 9.88. The Morgan fingerprint density at radius 3 is 2.90 bits per heavy atom. The summed E-state index contributed by atoms with van der Waals surface area (Å²) in [5.74, 6) is -0.0601. The first-order valence-electron chi connectivity index (χ1n) is 8.52. The van der Waals surface area contributed by atoms with Gasteiger partial charge in [0.2, 0.25) is 5.91 Å². The van der Waals surface area contributed by atoms with E-state index in [1.807, 2.05) is 0 Å². The molecule has 2 N–H and O–H groups in total. The second kappa shape index (κ2) is 9.44. The van der Waals surface area contributed by atoms with Crippen LogP contribution in [-0.4, -0.2) is 27.2 Å². The number of aromatic nitrogens is 2. The van der Waals surface area contributed by atoms with Gasteiger partial charge in [-0.3, -0.25) is 19.5 Å². The number of imide groups is 1. The Bertz CT molecular complexity index is 1110. The molecule has 0 aliphatic carbocycles. The Balaban J connectivity index is 1.67. The van der Waals surface area contributed by atoms with Crippen molar-refractivity contribution in [2.75, 3.05) is 5.75 Å². The van der Waals surface area contributed by atoms with E-state index in [0.29, 0.717) is 26.8 Å². The zero-order valence-corrected chi connectivity index (χ0v) is 16.8. The summed E-state index contributed by atoms with van der Waals surface area (Å²) in [6.07, 6.45) is 3.05. The van der Waals surface area contributed by atoms with E-state index in [4.69, 9.17) is 16.0 Å². The van der Waals surface area contributed by atoms with Gasteiger partial charge in [0, 0.05) is 11.6 Å². The van der Waals surface area contributed by atoms with Crippen LogP contribution < -0.4 is 16.2 Å². The average Bonchev–Trinajstić information content (AvgIpc) is 3.21. The second-order valence-electron chi connectivity index (χ2n) is 5.86. The number of carbonyl (C=O) groups excluding carboxylic acids is 2. The number of nitrogens with one attached hydrogen (secondary N) is 2. The number of benzene rings is 1. The predicted molar refractivity (Wildman–Crippen MR) is 111 cm³/mol. The number of hydrogen-bond donors (Lipinski definition) is 2. The van der Waals surface area contributed by atoms with E-state index in [1.165, 1.54) is 10.8 Å². The number of rotatable bonds is 7. The largest absolute Gasteiger partial charge is 0.467 e. The maximum absolute atomic E-state index is 12.7. The van der Waals surface area contributed by atoms with Gasteiger partial charge in [-0.05, 0) is 30.3 Å². The zero-order valence-electron chi connectivity index (χ0n) is 15.2. The van der Waals surface area contributed by atoms with Crippen molar-refractivity contribution >= 4 is 46.2 Å². The van der Waals surface area contributed by atoms with Crippen LogP contribution in [-0.2, 0) is 17.9 Å². The summed E-state index contributed by atoms with van der Waals surface area (Å²) in [5, 5.41) is 5.89. The Morgan fingerprint density at radius 2 is 2.17 bits per heavy atom. The fourth-order valence-electron chi connectivity index (χ4n) is 2.49. The fraction of sp³-hybridized carbons (Fsp3) is 0.158. The molecule has 3 aromatic rings. The van der Waals surface area contributed by atoms with E-state index in [2.05, 4.69) is 22.2 Å². The SMILES string of the molecule is C=CCn1c(SCC(=O)NC(=O)NCc2ccco2)nc2ccc(Cl)cc2c1=O. The van der Waals surface area contributed by atoms with E-state index in [-0.39, 0.29) is 24.4 Å². The molecule has 0 aliphatic heterocycles. The topological polar surface area (TPSA) is 106 Å². The maximum Gasteiger partial charge on any atom is 0.321 e. The molecule has 0 atom stereocenters. The van der Waals surface area contributed by atoms with Crippen LogP contribution in [0.5, 0.6) is 0 Å². The summed E-state index contributed by atoms with van der Waals surface area (Å²) in [5.41, 5.74) is 0.190. The quantitative estimate of drug-likeness (QED) is 0.338. The van der Waals surface area contributed by atoms with Crippen LogP contribution in [0.15, 0.2) is 63.6 Å². The van der Waals surface area contributed by atoms with E-state index >= 15 is 0 Å². The van der Waals surface area contributed by atoms with Crippen molar-refractivity contribution in [2.45, 2.75) is 18.2 Å². The highest BCUT2D eigenvalue weighted by Crippen LogP contribution is 2.20. The molecule has 0 aliphatic rings. The predicted octanol–water partition coefficient (Wildman–Crippen LogP) is 2.95. The molecule has 3 rings (SSSR count). The van der Waals surface area contributed by atoms with Crippen molar-refractivity contribution in [1.29, 1.82) is 0 Å². The molecule has 8 nitrogen and oxygen atoms in total. The van der Waals surface area contributed by atoms with Crippen LogP contribution in [0.2, 0.25) is 5.02 Å². The molecule has 3 amide bonds. The van der Waals surface area contributed by atoms with E-state index in [9.17, 15) is 14.4 Å². The van der Waals surface area contributed by atoms with Crippen LogP contribution >= 0.6 is 23.4 Å².